The fraction of sp³-hybridized carbons (Fsp3) is 0.125. The lowest BCUT2D eigenvalue weighted by Gasteiger charge is -2.21. The number of hydrogen-bond acceptors (Lipinski definition) is 2. The number of nitrogens with one attached hydrogen (secondary N) is 1. The van der Waals surface area contributed by atoms with E-state index in [1.807, 2.05) is 0 Å². The molecule has 0 bridgehead atoms. The van der Waals surface area contributed by atoms with Crippen LogP contribution in [0, 0.1) is 0 Å². The summed E-state index contributed by atoms with van der Waals surface area (Å²) >= 11 is 5.34. The summed E-state index contributed by atoms with van der Waals surface area (Å²) in [4.78, 5) is 10.8. The summed E-state index contributed by atoms with van der Waals surface area (Å²) in [5, 5.41) is 1.70. The summed E-state index contributed by atoms with van der Waals surface area (Å²) in [7, 11) is 0. The van der Waals surface area contributed by atoms with Gasteiger partial charge in [0.15, 0.2) is 0 Å². The van der Waals surface area contributed by atoms with E-state index in [1.165, 1.54) is 0 Å². The number of primary amides is 1. The SMILES string of the molecule is C=C1NC=C(Cl)C(C(F)(F)F)=C1C(N)=O.O. The van der Waals surface area contributed by atoms with E-state index in [0.29, 0.717) is 0 Å². The van der Waals surface area contributed by atoms with Crippen LogP contribution in [-0.4, -0.2) is 17.6 Å². The Balaban J connectivity index is 0.00000225. The molecular formula is C8H8ClF3N2O2. The van der Waals surface area contributed by atoms with Crippen LogP contribution in [0.3, 0.4) is 0 Å². The molecule has 0 spiro atoms. The minimum atomic E-state index is -4.75. The molecule has 1 aliphatic rings. The van der Waals surface area contributed by atoms with Crippen molar-refractivity contribution in [2.75, 3.05) is 0 Å². The predicted octanol–water partition coefficient (Wildman–Crippen LogP) is 0.703. The zero-order valence-corrected chi connectivity index (χ0v) is 8.54. The third-order valence-corrected chi connectivity index (χ3v) is 1.99. The largest absolute Gasteiger partial charge is 0.418 e. The molecule has 0 atom stereocenters. The van der Waals surface area contributed by atoms with Crippen LogP contribution >= 0.6 is 11.6 Å². The lowest BCUT2D eigenvalue weighted by molar-refractivity contribution is -0.116. The summed E-state index contributed by atoms with van der Waals surface area (Å²) in [5.41, 5.74) is 2.60. The van der Waals surface area contributed by atoms with Crippen molar-refractivity contribution in [3.63, 3.8) is 0 Å². The van der Waals surface area contributed by atoms with Gasteiger partial charge in [0.25, 0.3) is 5.91 Å². The number of dihydropyridines is 1. The van der Waals surface area contributed by atoms with Crippen LogP contribution in [0.15, 0.2) is 34.7 Å². The van der Waals surface area contributed by atoms with Crippen molar-refractivity contribution in [3.05, 3.63) is 34.7 Å². The van der Waals surface area contributed by atoms with Crippen molar-refractivity contribution in [2.24, 2.45) is 5.73 Å². The predicted molar refractivity (Wildman–Crippen MR) is 52.1 cm³/mol. The lowest BCUT2D eigenvalue weighted by atomic mass is 10.0. The minimum Gasteiger partial charge on any atom is -0.412 e. The summed E-state index contributed by atoms with van der Waals surface area (Å²) < 4.78 is 37.5. The van der Waals surface area contributed by atoms with Crippen molar-refractivity contribution >= 4 is 17.5 Å². The van der Waals surface area contributed by atoms with Crippen LogP contribution in [0.4, 0.5) is 13.2 Å². The van der Waals surface area contributed by atoms with E-state index < -0.39 is 28.3 Å². The second-order valence-electron chi connectivity index (χ2n) is 2.73. The number of carbonyl (C=O) groups excluding carboxylic acids is 1. The van der Waals surface area contributed by atoms with E-state index in [-0.39, 0.29) is 11.2 Å². The van der Waals surface area contributed by atoms with Crippen molar-refractivity contribution in [1.82, 2.24) is 5.32 Å². The molecule has 0 fully saturated rings. The smallest absolute Gasteiger partial charge is 0.412 e. The maximum Gasteiger partial charge on any atom is 0.418 e. The molecule has 0 saturated carbocycles. The first kappa shape index (κ1) is 14.5. The number of alkyl halides is 3. The fourth-order valence-corrected chi connectivity index (χ4v) is 1.37. The van der Waals surface area contributed by atoms with E-state index in [9.17, 15) is 18.0 Å². The van der Waals surface area contributed by atoms with Crippen molar-refractivity contribution in [3.8, 4) is 0 Å². The van der Waals surface area contributed by atoms with Crippen molar-refractivity contribution in [2.45, 2.75) is 6.18 Å². The molecule has 5 N–H and O–H groups in total. The van der Waals surface area contributed by atoms with Gasteiger partial charge in [-0.1, -0.05) is 18.2 Å². The van der Waals surface area contributed by atoms with Crippen LogP contribution in [0.25, 0.3) is 0 Å². The lowest BCUT2D eigenvalue weighted by Crippen LogP contribution is -2.30. The summed E-state index contributed by atoms with van der Waals surface area (Å²) in [6.45, 7) is 3.24. The highest BCUT2D eigenvalue weighted by Gasteiger charge is 2.41. The maximum atomic E-state index is 12.5. The molecule has 16 heavy (non-hydrogen) atoms. The van der Waals surface area contributed by atoms with E-state index in [2.05, 4.69) is 11.9 Å². The molecule has 1 amide bonds. The number of hydrogen-bond donors (Lipinski definition) is 2. The molecule has 0 radical (unpaired) electrons. The molecule has 1 aliphatic heterocycles. The van der Waals surface area contributed by atoms with Gasteiger partial charge >= 0.3 is 6.18 Å². The van der Waals surface area contributed by atoms with Gasteiger partial charge in [0.05, 0.1) is 16.2 Å². The Morgan fingerprint density at radius 1 is 1.50 bits per heavy atom. The quantitative estimate of drug-likeness (QED) is 0.724. The molecule has 0 aromatic heterocycles. The molecular weight excluding hydrogens is 249 g/mol. The Morgan fingerprint density at radius 3 is 2.31 bits per heavy atom. The van der Waals surface area contributed by atoms with Gasteiger partial charge in [-0.3, -0.25) is 4.79 Å². The third kappa shape index (κ3) is 2.56. The monoisotopic (exact) mass is 256 g/mol. The van der Waals surface area contributed by atoms with Crippen molar-refractivity contribution < 1.29 is 23.4 Å². The first-order valence-corrected chi connectivity index (χ1v) is 4.06. The van der Waals surface area contributed by atoms with Crippen LogP contribution in [0.2, 0.25) is 0 Å². The average molecular weight is 257 g/mol. The Morgan fingerprint density at radius 2 is 2.00 bits per heavy atom. The molecule has 0 aromatic rings. The molecule has 4 nitrogen and oxygen atoms in total. The second-order valence-corrected chi connectivity index (χ2v) is 3.13. The molecule has 0 saturated heterocycles. The van der Waals surface area contributed by atoms with Gasteiger partial charge in [-0.05, 0) is 0 Å². The van der Waals surface area contributed by atoms with Gasteiger partial charge in [0, 0.05) is 11.9 Å². The zero-order chi connectivity index (χ0) is 11.8. The summed E-state index contributed by atoms with van der Waals surface area (Å²) in [6.07, 6.45) is -3.85. The Kier molecular flexibility index (Phi) is 4.16. The minimum absolute atomic E-state index is 0. The maximum absolute atomic E-state index is 12.5. The van der Waals surface area contributed by atoms with Crippen LogP contribution in [-0.2, 0) is 4.79 Å². The first-order chi connectivity index (χ1) is 6.75. The number of halogens is 4. The highest BCUT2D eigenvalue weighted by atomic mass is 35.5. The number of amides is 1. The Hall–Kier alpha value is -1.47. The topological polar surface area (TPSA) is 86.6 Å². The summed E-state index contributed by atoms with van der Waals surface area (Å²) in [5.74, 6) is -1.23. The number of allylic oxidation sites excluding steroid dienone is 2. The molecule has 0 aliphatic carbocycles. The first-order valence-electron chi connectivity index (χ1n) is 3.68. The van der Waals surface area contributed by atoms with Gasteiger partial charge in [-0.2, -0.15) is 13.2 Å². The van der Waals surface area contributed by atoms with Crippen LogP contribution in [0.1, 0.15) is 0 Å². The van der Waals surface area contributed by atoms with Crippen LogP contribution in [0.5, 0.6) is 0 Å². The van der Waals surface area contributed by atoms with Crippen molar-refractivity contribution in [1.29, 1.82) is 0 Å². The number of carbonyl (C=O) groups is 1. The van der Waals surface area contributed by atoms with E-state index in [0.717, 1.165) is 6.20 Å². The Labute approximate surface area is 93.6 Å². The van der Waals surface area contributed by atoms with Gasteiger partial charge < -0.3 is 16.5 Å². The molecule has 0 unspecified atom stereocenters. The van der Waals surface area contributed by atoms with E-state index >= 15 is 0 Å². The van der Waals surface area contributed by atoms with E-state index in [4.69, 9.17) is 17.3 Å². The highest BCUT2D eigenvalue weighted by molar-refractivity contribution is 6.33. The van der Waals surface area contributed by atoms with Gasteiger partial charge in [0.1, 0.15) is 0 Å². The standard InChI is InChI=1S/C8H6ClF3N2O.H2O/c1-3-5(7(13)15)6(8(10,11)12)4(9)2-14-3;/h2,14H,1H2,(H2,13,15);1H2. The molecule has 1 rings (SSSR count). The number of nitrogens with two attached hydrogens (primary N) is 1. The normalized spacial score (nSPS) is 16.2. The molecule has 90 valence electrons. The fourth-order valence-electron chi connectivity index (χ4n) is 1.11. The Bertz CT molecular complexity index is 399. The molecule has 8 heteroatoms. The van der Waals surface area contributed by atoms with Gasteiger partial charge in [0.2, 0.25) is 0 Å². The highest BCUT2D eigenvalue weighted by Crippen LogP contribution is 2.38. The average Bonchev–Trinajstić information content (AvgIpc) is 2.05. The number of rotatable bonds is 1. The van der Waals surface area contributed by atoms with Crippen LogP contribution < -0.4 is 11.1 Å². The van der Waals surface area contributed by atoms with E-state index in [1.54, 1.807) is 0 Å². The summed E-state index contributed by atoms with van der Waals surface area (Å²) in [6, 6.07) is 0. The third-order valence-electron chi connectivity index (χ3n) is 1.69. The molecule has 0 aromatic carbocycles. The molecule has 1 heterocycles. The van der Waals surface area contributed by atoms with Gasteiger partial charge in [-0.15, -0.1) is 0 Å². The van der Waals surface area contributed by atoms with Gasteiger partial charge in [-0.25, -0.2) is 0 Å². The second kappa shape index (κ2) is 4.58. The zero-order valence-electron chi connectivity index (χ0n) is 7.78.